The van der Waals surface area contributed by atoms with Gasteiger partial charge in [-0.3, -0.25) is 4.79 Å². The zero-order chi connectivity index (χ0) is 9.80. The van der Waals surface area contributed by atoms with Gasteiger partial charge in [0.05, 0.1) is 5.92 Å². The van der Waals surface area contributed by atoms with E-state index in [4.69, 9.17) is 0 Å². The van der Waals surface area contributed by atoms with E-state index >= 15 is 0 Å². The Labute approximate surface area is 86.7 Å². The fourth-order valence-electron chi connectivity index (χ4n) is 1.57. The van der Waals surface area contributed by atoms with Crippen molar-refractivity contribution in [3.05, 3.63) is 11.6 Å². The first-order valence-electron chi connectivity index (χ1n) is 4.77. The molecule has 1 amide bonds. The van der Waals surface area contributed by atoms with Crippen LogP contribution in [-0.4, -0.2) is 24.0 Å². The predicted octanol–water partition coefficient (Wildman–Crippen LogP) is 1.08. The number of piperidine rings is 1. The van der Waals surface area contributed by atoms with Crippen LogP contribution in [0.2, 0.25) is 0 Å². The monoisotopic (exact) mass is 211 g/mol. The van der Waals surface area contributed by atoms with E-state index < -0.39 is 0 Å². The third-order valence-corrected chi connectivity index (χ3v) is 3.02. The SMILES string of the molecule is O=C(Nc1nccs1)[C@H]1CCCNC1. The second-order valence-electron chi connectivity index (χ2n) is 3.37. The number of nitrogens with zero attached hydrogens (tertiary/aromatic N) is 1. The highest BCUT2D eigenvalue weighted by atomic mass is 32.1. The van der Waals surface area contributed by atoms with Crippen molar-refractivity contribution in [2.24, 2.45) is 5.92 Å². The molecule has 1 saturated heterocycles. The average Bonchev–Trinajstić information content (AvgIpc) is 2.72. The van der Waals surface area contributed by atoms with Crippen LogP contribution in [0.4, 0.5) is 5.13 Å². The summed E-state index contributed by atoms with van der Waals surface area (Å²) in [6.07, 6.45) is 3.75. The number of carbonyl (C=O) groups excluding carboxylic acids is 1. The number of rotatable bonds is 2. The molecule has 2 N–H and O–H groups in total. The van der Waals surface area contributed by atoms with Crippen LogP contribution in [0.5, 0.6) is 0 Å². The summed E-state index contributed by atoms with van der Waals surface area (Å²) >= 11 is 1.45. The first-order chi connectivity index (χ1) is 6.86. The van der Waals surface area contributed by atoms with Crippen LogP contribution in [0.25, 0.3) is 0 Å². The van der Waals surface area contributed by atoms with Gasteiger partial charge in [0.25, 0.3) is 0 Å². The molecule has 1 aromatic heterocycles. The van der Waals surface area contributed by atoms with Crippen LogP contribution in [-0.2, 0) is 4.79 Å². The van der Waals surface area contributed by atoms with Crippen LogP contribution in [0.1, 0.15) is 12.8 Å². The number of hydrogen-bond acceptors (Lipinski definition) is 4. The van der Waals surface area contributed by atoms with Gasteiger partial charge in [-0.1, -0.05) is 0 Å². The summed E-state index contributed by atoms with van der Waals surface area (Å²) in [5, 5.41) is 8.59. The molecule has 1 aliphatic heterocycles. The Bertz CT molecular complexity index is 293. The van der Waals surface area contributed by atoms with Crippen molar-refractivity contribution in [1.82, 2.24) is 10.3 Å². The maximum Gasteiger partial charge on any atom is 0.230 e. The van der Waals surface area contributed by atoms with Gasteiger partial charge in [-0.25, -0.2) is 4.98 Å². The standard InChI is InChI=1S/C9H13N3OS/c13-8(7-2-1-3-10-6-7)12-9-11-4-5-14-9/h4-5,7,10H,1-3,6H2,(H,11,12,13)/t7-/m0/s1. The molecule has 76 valence electrons. The summed E-state index contributed by atoms with van der Waals surface area (Å²) in [5.74, 6) is 0.194. The van der Waals surface area contributed by atoms with Crippen molar-refractivity contribution in [3.8, 4) is 0 Å². The molecular weight excluding hydrogens is 198 g/mol. The maximum atomic E-state index is 11.7. The summed E-state index contributed by atoms with van der Waals surface area (Å²) in [6.45, 7) is 1.82. The lowest BCUT2D eigenvalue weighted by Gasteiger charge is -2.21. The highest BCUT2D eigenvalue weighted by Gasteiger charge is 2.21. The fraction of sp³-hybridized carbons (Fsp3) is 0.556. The van der Waals surface area contributed by atoms with Gasteiger partial charge in [0, 0.05) is 18.1 Å². The summed E-state index contributed by atoms with van der Waals surface area (Å²) in [7, 11) is 0. The van der Waals surface area contributed by atoms with Gasteiger partial charge in [-0.05, 0) is 19.4 Å². The Morgan fingerprint density at radius 1 is 1.71 bits per heavy atom. The van der Waals surface area contributed by atoms with Gasteiger partial charge in [-0.15, -0.1) is 11.3 Å². The Kier molecular flexibility index (Phi) is 3.10. The molecule has 0 spiro atoms. The Morgan fingerprint density at radius 3 is 3.29 bits per heavy atom. The average molecular weight is 211 g/mol. The number of amides is 1. The number of thiazole rings is 1. The smallest absolute Gasteiger partial charge is 0.230 e. The third kappa shape index (κ3) is 2.30. The van der Waals surface area contributed by atoms with E-state index in [0.29, 0.717) is 5.13 Å². The minimum absolute atomic E-state index is 0.0900. The van der Waals surface area contributed by atoms with Gasteiger partial charge in [0.1, 0.15) is 0 Å². The lowest BCUT2D eigenvalue weighted by Crippen LogP contribution is -2.37. The molecule has 4 nitrogen and oxygen atoms in total. The fourth-order valence-corrected chi connectivity index (χ4v) is 2.10. The summed E-state index contributed by atoms with van der Waals surface area (Å²) in [5.41, 5.74) is 0. The number of hydrogen-bond donors (Lipinski definition) is 2. The normalized spacial score (nSPS) is 21.9. The quantitative estimate of drug-likeness (QED) is 0.769. The van der Waals surface area contributed by atoms with Crippen LogP contribution in [0.15, 0.2) is 11.6 Å². The topological polar surface area (TPSA) is 54.0 Å². The molecule has 0 aliphatic carbocycles. The molecule has 0 radical (unpaired) electrons. The van der Waals surface area contributed by atoms with Crippen molar-refractivity contribution in [2.75, 3.05) is 18.4 Å². The first kappa shape index (κ1) is 9.61. The van der Waals surface area contributed by atoms with Crippen molar-refractivity contribution in [3.63, 3.8) is 0 Å². The molecule has 0 bridgehead atoms. The van der Waals surface area contributed by atoms with E-state index in [-0.39, 0.29) is 11.8 Å². The highest BCUT2D eigenvalue weighted by Crippen LogP contribution is 2.15. The molecule has 0 aromatic carbocycles. The minimum Gasteiger partial charge on any atom is -0.316 e. The lowest BCUT2D eigenvalue weighted by molar-refractivity contribution is -0.120. The van der Waals surface area contributed by atoms with Gasteiger partial charge in [0.2, 0.25) is 5.91 Å². The zero-order valence-electron chi connectivity index (χ0n) is 7.82. The van der Waals surface area contributed by atoms with E-state index in [1.54, 1.807) is 6.20 Å². The molecule has 5 heteroatoms. The van der Waals surface area contributed by atoms with Crippen LogP contribution >= 0.6 is 11.3 Å². The van der Waals surface area contributed by atoms with Crippen LogP contribution < -0.4 is 10.6 Å². The van der Waals surface area contributed by atoms with E-state index in [1.165, 1.54) is 11.3 Å². The second kappa shape index (κ2) is 4.52. The molecule has 2 heterocycles. The molecule has 2 rings (SSSR count). The van der Waals surface area contributed by atoms with Crippen molar-refractivity contribution in [1.29, 1.82) is 0 Å². The van der Waals surface area contributed by atoms with Crippen molar-refractivity contribution < 1.29 is 4.79 Å². The number of carbonyl (C=O) groups is 1. The van der Waals surface area contributed by atoms with Crippen LogP contribution in [0.3, 0.4) is 0 Å². The van der Waals surface area contributed by atoms with E-state index in [0.717, 1.165) is 25.9 Å². The number of anilines is 1. The molecule has 1 atom stereocenters. The molecular formula is C9H13N3OS. The molecule has 1 aliphatic rings. The van der Waals surface area contributed by atoms with E-state index in [1.807, 2.05) is 5.38 Å². The van der Waals surface area contributed by atoms with Gasteiger partial charge in [0.15, 0.2) is 5.13 Å². The molecule has 0 saturated carbocycles. The van der Waals surface area contributed by atoms with Crippen LogP contribution in [0, 0.1) is 5.92 Å². The predicted molar refractivity (Wildman–Crippen MR) is 56.3 cm³/mol. The van der Waals surface area contributed by atoms with E-state index in [9.17, 15) is 4.79 Å². The first-order valence-corrected chi connectivity index (χ1v) is 5.65. The summed E-state index contributed by atoms with van der Waals surface area (Å²) in [6, 6.07) is 0. The Morgan fingerprint density at radius 2 is 2.64 bits per heavy atom. The third-order valence-electron chi connectivity index (χ3n) is 2.33. The van der Waals surface area contributed by atoms with Gasteiger partial charge >= 0.3 is 0 Å². The number of aromatic nitrogens is 1. The second-order valence-corrected chi connectivity index (χ2v) is 4.26. The Balaban J connectivity index is 1.88. The van der Waals surface area contributed by atoms with Gasteiger partial charge in [-0.2, -0.15) is 0 Å². The van der Waals surface area contributed by atoms with Crippen molar-refractivity contribution >= 4 is 22.4 Å². The largest absolute Gasteiger partial charge is 0.316 e. The lowest BCUT2D eigenvalue weighted by atomic mass is 9.99. The van der Waals surface area contributed by atoms with Gasteiger partial charge < -0.3 is 10.6 Å². The highest BCUT2D eigenvalue weighted by molar-refractivity contribution is 7.13. The Hall–Kier alpha value is -0.940. The number of nitrogens with one attached hydrogen (secondary N) is 2. The molecule has 1 aromatic rings. The zero-order valence-corrected chi connectivity index (χ0v) is 8.64. The van der Waals surface area contributed by atoms with E-state index in [2.05, 4.69) is 15.6 Å². The minimum atomic E-state index is 0.0900. The molecule has 14 heavy (non-hydrogen) atoms. The van der Waals surface area contributed by atoms with Crippen molar-refractivity contribution in [2.45, 2.75) is 12.8 Å². The molecule has 0 unspecified atom stereocenters. The maximum absolute atomic E-state index is 11.7. The molecule has 1 fully saturated rings. The summed E-state index contributed by atoms with van der Waals surface area (Å²) < 4.78 is 0. The summed E-state index contributed by atoms with van der Waals surface area (Å²) in [4.78, 5) is 15.7.